The summed E-state index contributed by atoms with van der Waals surface area (Å²) < 4.78 is 77.7. The normalized spacial score (nSPS) is 13.0. The van der Waals surface area contributed by atoms with E-state index in [-0.39, 0.29) is 46.7 Å². The number of nitrogens with zero attached hydrogens (tertiary/aromatic N) is 1. The summed E-state index contributed by atoms with van der Waals surface area (Å²) in [7, 11) is 0. The predicted octanol–water partition coefficient (Wildman–Crippen LogP) is 18.6. The van der Waals surface area contributed by atoms with Crippen LogP contribution >= 0.6 is 0 Å². The molecule has 0 unspecified atom stereocenters. The van der Waals surface area contributed by atoms with Crippen LogP contribution < -0.4 is 4.90 Å². The van der Waals surface area contributed by atoms with Crippen molar-refractivity contribution in [3.8, 4) is 66.8 Å². The minimum absolute atomic E-state index is 0.0971. The van der Waals surface area contributed by atoms with Crippen LogP contribution in [0.2, 0.25) is 0 Å². The lowest BCUT2D eigenvalue weighted by Crippen LogP contribution is -2.09. The third kappa shape index (κ3) is 7.73. The maximum Gasteiger partial charge on any atom is 0.0645 e. The molecule has 1 heteroatoms. The van der Waals surface area contributed by atoms with Gasteiger partial charge in [-0.05, 0) is 148 Å². The molecule has 0 saturated heterocycles. The Labute approximate surface area is 403 Å². The van der Waals surface area contributed by atoms with E-state index in [1.807, 2.05) is 127 Å². The van der Waals surface area contributed by atoms with Gasteiger partial charge in [0.15, 0.2) is 0 Å². The van der Waals surface area contributed by atoms with Crippen molar-refractivity contribution < 1.29 is 11.0 Å². The molecule has 0 saturated carbocycles. The predicted molar refractivity (Wildman–Crippen MR) is 286 cm³/mol. The van der Waals surface area contributed by atoms with E-state index in [9.17, 15) is 11.0 Å². The number of rotatable bonds is 9. The van der Waals surface area contributed by atoms with Crippen LogP contribution in [0.3, 0.4) is 0 Å². The van der Waals surface area contributed by atoms with E-state index >= 15 is 0 Å². The molecule has 1 nitrogen and oxygen atoms in total. The molecule has 0 atom stereocenters. The lowest BCUT2D eigenvalue weighted by Gasteiger charge is -2.26. The monoisotopic (exact) mass is 859 g/mol. The summed E-state index contributed by atoms with van der Waals surface area (Å²) in [4.78, 5) is 1.37. The van der Waals surface area contributed by atoms with Crippen LogP contribution in [0.4, 0.5) is 17.1 Å². The van der Waals surface area contributed by atoms with Crippen molar-refractivity contribution in [3.63, 3.8) is 0 Å². The summed E-state index contributed by atoms with van der Waals surface area (Å²) in [5, 5.41) is 6.34. The molecule has 0 aliphatic heterocycles. The van der Waals surface area contributed by atoms with Crippen molar-refractivity contribution in [3.05, 3.63) is 273 Å². The Balaban J connectivity index is 1.02. The third-order valence-corrected chi connectivity index (χ3v) is 12.6. The lowest BCUT2D eigenvalue weighted by atomic mass is 9.90. The van der Waals surface area contributed by atoms with Gasteiger partial charge >= 0.3 is 0 Å². The van der Waals surface area contributed by atoms with E-state index in [1.165, 1.54) is 4.90 Å². The Kier molecular flexibility index (Phi) is 8.26. The molecule has 0 N–H and O–H groups in total. The zero-order chi connectivity index (χ0) is 51.5. The van der Waals surface area contributed by atoms with Crippen LogP contribution in [0, 0.1) is 0 Å². The number of hydrogen-bond donors (Lipinski definition) is 0. The average Bonchev–Trinajstić information content (AvgIpc) is 3.47. The Morgan fingerprint density at radius 3 is 1.43 bits per heavy atom. The Morgan fingerprint density at radius 1 is 0.239 bits per heavy atom. The van der Waals surface area contributed by atoms with Crippen molar-refractivity contribution in [2.45, 2.75) is 0 Å². The highest BCUT2D eigenvalue weighted by molar-refractivity contribution is 6.04. The third-order valence-electron chi connectivity index (χ3n) is 12.6. The second kappa shape index (κ2) is 17.3. The van der Waals surface area contributed by atoms with Gasteiger partial charge in [0.05, 0.1) is 11.0 Å². The molecule has 12 rings (SSSR count). The van der Waals surface area contributed by atoms with Gasteiger partial charge in [0.1, 0.15) is 0 Å². The number of fused-ring (bicyclic) bond motifs is 3. The Bertz CT molecular complexity index is 4150. The molecule has 0 radical (unpaired) electrons. The fraction of sp³-hybridized carbons (Fsp3) is 0. The van der Waals surface area contributed by atoms with Crippen molar-refractivity contribution >= 4 is 49.4 Å². The number of benzene rings is 12. The van der Waals surface area contributed by atoms with E-state index in [2.05, 4.69) is 72.8 Å². The summed E-state index contributed by atoms with van der Waals surface area (Å²) in [6.45, 7) is 0. The first-order chi connectivity index (χ1) is 36.5. The van der Waals surface area contributed by atoms with Gasteiger partial charge in [-0.15, -0.1) is 0 Å². The first kappa shape index (κ1) is 32.0. The molecular formula is C66H45N. The smallest absolute Gasteiger partial charge is 0.0645 e. The van der Waals surface area contributed by atoms with Crippen LogP contribution in [-0.2, 0) is 0 Å². The molecule has 67 heavy (non-hydrogen) atoms. The average molecular weight is 860 g/mol. The van der Waals surface area contributed by atoms with Crippen LogP contribution in [0.1, 0.15) is 11.0 Å². The zero-order valence-electron chi connectivity index (χ0n) is 44.3. The molecule has 0 fully saturated rings. The largest absolute Gasteiger partial charge is 0.311 e. The van der Waals surface area contributed by atoms with Crippen molar-refractivity contribution in [2.24, 2.45) is 0 Å². The molecule has 0 aromatic heterocycles. The van der Waals surface area contributed by atoms with Gasteiger partial charge in [0.25, 0.3) is 0 Å². The van der Waals surface area contributed by atoms with E-state index in [0.29, 0.717) is 16.8 Å². The van der Waals surface area contributed by atoms with Crippen LogP contribution in [0.5, 0.6) is 0 Å². The van der Waals surface area contributed by atoms with Crippen molar-refractivity contribution in [2.75, 3.05) is 4.90 Å². The molecule has 0 aliphatic carbocycles. The van der Waals surface area contributed by atoms with E-state index in [1.54, 1.807) is 24.3 Å². The molecule has 0 bridgehead atoms. The second-order valence-electron chi connectivity index (χ2n) is 16.7. The van der Waals surface area contributed by atoms with Gasteiger partial charge in [0.2, 0.25) is 0 Å². The lowest BCUT2D eigenvalue weighted by molar-refractivity contribution is 1.28. The first-order valence-corrected chi connectivity index (χ1v) is 22.4. The van der Waals surface area contributed by atoms with Gasteiger partial charge in [0, 0.05) is 17.1 Å². The maximum atomic E-state index is 9.84. The van der Waals surface area contributed by atoms with Crippen LogP contribution in [0.15, 0.2) is 273 Å². The second-order valence-corrected chi connectivity index (χ2v) is 16.7. The topological polar surface area (TPSA) is 3.24 Å². The van der Waals surface area contributed by atoms with Crippen LogP contribution in [-0.4, -0.2) is 0 Å². The van der Waals surface area contributed by atoms with E-state index < -0.39 is 24.2 Å². The fourth-order valence-electron chi connectivity index (χ4n) is 9.22. The molecule has 0 amide bonds. The van der Waals surface area contributed by atoms with Gasteiger partial charge in [-0.3, -0.25) is 0 Å². The summed E-state index contributed by atoms with van der Waals surface area (Å²) in [6, 6.07) is 70.3. The molecule has 12 aromatic carbocycles. The van der Waals surface area contributed by atoms with Crippen molar-refractivity contribution in [1.29, 1.82) is 0 Å². The van der Waals surface area contributed by atoms with E-state index in [4.69, 9.17) is 0 Å². The maximum absolute atomic E-state index is 9.84. The molecule has 0 spiro atoms. The SMILES string of the molecule is [2H]c1c([2H])c(N(c2ccc(-c3cccc(-c4cccc5ccccc45)c3)cc2)c2c([2H])c([2H])c(-c3ccc4ccccc4c3-c3ccccc3)c([2H])c2[2H])c([2H])c([2H])c1-c1ccc(-c2ccc3ccccc3c2)cc1. The molecule has 0 heterocycles. The highest BCUT2D eigenvalue weighted by atomic mass is 15.1. The number of hydrogen-bond acceptors (Lipinski definition) is 1. The Hall–Kier alpha value is -8.78. The molecular weight excluding hydrogens is 807 g/mol. The highest BCUT2D eigenvalue weighted by Crippen LogP contribution is 2.42. The standard InChI is InChI=1S/C66H45N/c1-2-15-54(16-3-1)66-64-22-9-7-14-52(64)36-43-65(66)53-34-41-61(42-35-53)67(59-37-30-48(31-38-59)47-24-26-49(27-25-47)57-29-28-46-12-4-5-17-55(46)44-57)60-39-32-50(33-40-60)56-19-10-20-58(45-56)63-23-11-18-51-13-6-8-21-62(51)63/h1-45H/i30D,31D,34D,35D,37D,38D,41D,42D. The summed E-state index contributed by atoms with van der Waals surface area (Å²) in [6.07, 6.45) is 0. The van der Waals surface area contributed by atoms with Gasteiger partial charge in [-0.25, -0.2) is 0 Å². The summed E-state index contributed by atoms with van der Waals surface area (Å²) in [5.41, 5.74) is 8.54. The number of anilines is 3. The molecule has 314 valence electrons. The fourth-order valence-corrected chi connectivity index (χ4v) is 9.22. The minimum Gasteiger partial charge on any atom is -0.311 e. The molecule has 0 aliphatic rings. The van der Waals surface area contributed by atoms with E-state index in [0.717, 1.165) is 76.8 Å². The zero-order valence-corrected chi connectivity index (χ0v) is 36.3. The van der Waals surface area contributed by atoms with Gasteiger partial charge in [-0.1, -0.05) is 224 Å². The summed E-state index contributed by atoms with van der Waals surface area (Å²) >= 11 is 0. The summed E-state index contributed by atoms with van der Waals surface area (Å²) in [5.74, 6) is 0. The highest BCUT2D eigenvalue weighted by Gasteiger charge is 2.17. The Morgan fingerprint density at radius 2 is 0.716 bits per heavy atom. The van der Waals surface area contributed by atoms with Gasteiger partial charge in [-0.2, -0.15) is 0 Å². The van der Waals surface area contributed by atoms with Crippen molar-refractivity contribution in [1.82, 2.24) is 0 Å². The molecule has 12 aromatic rings. The van der Waals surface area contributed by atoms with Gasteiger partial charge < -0.3 is 4.90 Å². The quantitative estimate of drug-likeness (QED) is 0.140. The van der Waals surface area contributed by atoms with Crippen LogP contribution in [0.25, 0.3) is 99.1 Å². The minimum atomic E-state index is -0.407. The first-order valence-electron chi connectivity index (χ1n) is 26.4.